The predicted octanol–water partition coefficient (Wildman–Crippen LogP) is 4.52. The fourth-order valence-corrected chi connectivity index (χ4v) is 2.38. The fraction of sp³-hybridized carbons (Fsp3) is 0.524. The molecule has 0 heterocycles. The molecular weight excluding hydrogens is 296 g/mol. The van der Waals surface area contributed by atoms with Crippen LogP contribution in [0.15, 0.2) is 35.9 Å². The number of carbonyl (C=O) groups is 1. The maximum absolute atomic E-state index is 11.2. The number of hydrogen-bond donors (Lipinski definition) is 1. The molecule has 0 bridgehead atoms. The van der Waals surface area contributed by atoms with Crippen molar-refractivity contribution in [2.45, 2.75) is 54.4 Å². The number of anilines is 1. The minimum absolute atomic E-state index is 0.357. The molecule has 0 saturated carbocycles. The van der Waals surface area contributed by atoms with Gasteiger partial charge in [-0.1, -0.05) is 52.8 Å². The lowest BCUT2D eigenvalue weighted by molar-refractivity contribution is -0.114. The van der Waals surface area contributed by atoms with Gasteiger partial charge < -0.3 is 10.6 Å². The molecule has 1 amide bonds. The van der Waals surface area contributed by atoms with E-state index in [1.54, 1.807) is 6.92 Å². The Balaban J connectivity index is 2.83. The molecule has 0 saturated heterocycles. The van der Waals surface area contributed by atoms with Crippen molar-refractivity contribution in [3.63, 3.8) is 0 Å². The van der Waals surface area contributed by atoms with Gasteiger partial charge in [0.05, 0.1) is 0 Å². The average Bonchev–Trinajstić information content (AvgIpc) is 2.48. The van der Waals surface area contributed by atoms with Crippen LogP contribution in [0.4, 0.5) is 5.69 Å². The summed E-state index contributed by atoms with van der Waals surface area (Å²) in [6, 6.07) is 8.77. The Hall–Kier alpha value is -1.77. The Morgan fingerprint density at radius 3 is 2.17 bits per heavy atom. The highest BCUT2D eigenvalue weighted by Gasteiger charge is 2.11. The lowest BCUT2D eigenvalue weighted by Gasteiger charge is -2.26. The summed E-state index contributed by atoms with van der Waals surface area (Å²) in [6.07, 6.45) is 4.18. The highest BCUT2D eigenvalue weighted by Crippen LogP contribution is 2.23. The van der Waals surface area contributed by atoms with E-state index < -0.39 is 0 Å². The molecule has 0 aliphatic carbocycles. The molecular formula is C21H33N2O. The summed E-state index contributed by atoms with van der Waals surface area (Å²) >= 11 is 0. The topological polar surface area (TPSA) is 46.3 Å². The van der Waals surface area contributed by atoms with E-state index in [4.69, 9.17) is 5.73 Å². The van der Waals surface area contributed by atoms with Gasteiger partial charge in [0, 0.05) is 24.4 Å². The Morgan fingerprint density at radius 2 is 1.71 bits per heavy atom. The van der Waals surface area contributed by atoms with Crippen LogP contribution in [0.3, 0.4) is 0 Å². The van der Waals surface area contributed by atoms with Crippen LogP contribution in [-0.4, -0.2) is 19.0 Å². The molecule has 24 heavy (non-hydrogen) atoms. The van der Waals surface area contributed by atoms with E-state index in [-0.39, 0.29) is 5.91 Å². The highest BCUT2D eigenvalue weighted by molar-refractivity contribution is 5.91. The van der Waals surface area contributed by atoms with Crippen LogP contribution >= 0.6 is 0 Å². The van der Waals surface area contributed by atoms with Crippen molar-refractivity contribution in [1.29, 1.82) is 0 Å². The van der Waals surface area contributed by atoms with Crippen LogP contribution in [0.2, 0.25) is 0 Å². The first-order valence-corrected chi connectivity index (χ1v) is 8.68. The van der Waals surface area contributed by atoms with Crippen molar-refractivity contribution in [2.24, 2.45) is 11.1 Å². The maximum atomic E-state index is 11.2. The zero-order chi connectivity index (χ0) is 18.3. The van der Waals surface area contributed by atoms with E-state index in [2.05, 4.69) is 63.8 Å². The van der Waals surface area contributed by atoms with Crippen molar-refractivity contribution < 1.29 is 4.79 Å². The zero-order valence-corrected chi connectivity index (χ0v) is 16.1. The normalized spacial score (nSPS) is 12.5. The number of benzene rings is 1. The first-order chi connectivity index (χ1) is 11.1. The number of aryl methyl sites for hydroxylation is 1. The largest absolute Gasteiger partial charge is 0.367 e. The number of rotatable bonds is 8. The van der Waals surface area contributed by atoms with Gasteiger partial charge in [-0.25, -0.2) is 0 Å². The second-order valence-corrected chi connectivity index (χ2v) is 8.07. The molecule has 0 aliphatic heterocycles. The number of nitrogens with two attached hydrogens (primary N) is 1. The smallest absolute Gasteiger partial charge is 0.244 e. The molecule has 1 rings (SSSR count). The molecule has 3 nitrogen and oxygen atoms in total. The highest BCUT2D eigenvalue weighted by atomic mass is 16.1. The third-order valence-electron chi connectivity index (χ3n) is 3.98. The molecule has 1 aromatic carbocycles. The van der Waals surface area contributed by atoms with Gasteiger partial charge in [0.1, 0.15) is 0 Å². The molecule has 0 spiro atoms. The molecule has 0 atom stereocenters. The van der Waals surface area contributed by atoms with E-state index in [0.717, 1.165) is 13.0 Å². The van der Waals surface area contributed by atoms with E-state index in [1.165, 1.54) is 23.6 Å². The lowest BCUT2D eigenvalue weighted by atomic mass is 9.89. The van der Waals surface area contributed by atoms with Crippen molar-refractivity contribution in [3.8, 4) is 0 Å². The first kappa shape index (κ1) is 20.3. The van der Waals surface area contributed by atoms with Crippen LogP contribution in [0.5, 0.6) is 0 Å². The summed E-state index contributed by atoms with van der Waals surface area (Å²) in [4.78, 5) is 13.5. The quantitative estimate of drug-likeness (QED) is 0.713. The maximum Gasteiger partial charge on any atom is 0.244 e. The Labute approximate surface area is 147 Å². The summed E-state index contributed by atoms with van der Waals surface area (Å²) in [5, 5.41) is 0. The number of primary amides is 1. The molecule has 0 fully saturated rings. The Morgan fingerprint density at radius 1 is 1.12 bits per heavy atom. The summed E-state index contributed by atoms with van der Waals surface area (Å²) < 4.78 is 0. The average molecular weight is 330 g/mol. The molecule has 3 heteroatoms. The Kier molecular flexibility index (Phi) is 7.53. The van der Waals surface area contributed by atoms with Gasteiger partial charge in [-0.05, 0) is 48.8 Å². The first-order valence-electron chi connectivity index (χ1n) is 8.68. The second-order valence-electron chi connectivity index (χ2n) is 8.07. The summed E-state index contributed by atoms with van der Waals surface area (Å²) in [6.45, 7) is 14.4. The second kappa shape index (κ2) is 8.91. The molecule has 0 unspecified atom stereocenters. The minimum Gasteiger partial charge on any atom is -0.367 e. The molecule has 0 aliphatic rings. The van der Waals surface area contributed by atoms with Gasteiger partial charge in [0.25, 0.3) is 0 Å². The van der Waals surface area contributed by atoms with Crippen molar-refractivity contribution in [2.75, 3.05) is 18.0 Å². The zero-order valence-electron chi connectivity index (χ0n) is 16.1. The van der Waals surface area contributed by atoms with Gasteiger partial charge in [0.15, 0.2) is 0 Å². The van der Waals surface area contributed by atoms with Crippen LogP contribution in [0.25, 0.3) is 0 Å². The van der Waals surface area contributed by atoms with Crippen LogP contribution in [0, 0.1) is 11.3 Å². The van der Waals surface area contributed by atoms with Gasteiger partial charge >= 0.3 is 0 Å². The van der Waals surface area contributed by atoms with Gasteiger partial charge in [-0.3, -0.25) is 4.79 Å². The Bertz CT molecular complexity index is 550. The van der Waals surface area contributed by atoms with E-state index >= 15 is 0 Å². The third-order valence-corrected chi connectivity index (χ3v) is 3.98. The summed E-state index contributed by atoms with van der Waals surface area (Å²) in [7, 11) is 0. The van der Waals surface area contributed by atoms with E-state index in [9.17, 15) is 4.79 Å². The minimum atomic E-state index is -0.357. The summed E-state index contributed by atoms with van der Waals surface area (Å²) in [5.41, 5.74) is 8.82. The lowest BCUT2D eigenvalue weighted by Crippen LogP contribution is -2.27. The predicted molar refractivity (Wildman–Crippen MR) is 104 cm³/mol. The monoisotopic (exact) mass is 329 g/mol. The van der Waals surface area contributed by atoms with Crippen LogP contribution < -0.4 is 10.6 Å². The standard InChI is InChI=1S/C21H33N2O/c1-16(2)15-23(14-12-17(3)20(22)24)19-9-7-18(8-10-19)11-13-21(4,5)6/h7-10,12H,11,13-15H2,1-6H3,(H2,22,24). The van der Waals surface area contributed by atoms with Gasteiger partial charge in [-0.15, -0.1) is 0 Å². The molecule has 1 aromatic rings. The van der Waals surface area contributed by atoms with Crippen LogP contribution in [0.1, 0.15) is 53.5 Å². The molecule has 0 aromatic heterocycles. The number of nitrogens with zero attached hydrogens (tertiary/aromatic N) is 1. The number of hydrogen-bond acceptors (Lipinski definition) is 2. The van der Waals surface area contributed by atoms with Crippen molar-refractivity contribution in [1.82, 2.24) is 0 Å². The van der Waals surface area contributed by atoms with E-state index in [0.29, 0.717) is 17.5 Å². The van der Waals surface area contributed by atoms with Crippen molar-refractivity contribution >= 4 is 11.6 Å². The van der Waals surface area contributed by atoms with Gasteiger partial charge in [-0.2, -0.15) is 0 Å². The number of amides is 1. The van der Waals surface area contributed by atoms with Crippen molar-refractivity contribution in [3.05, 3.63) is 47.4 Å². The van der Waals surface area contributed by atoms with E-state index in [1.807, 2.05) is 6.08 Å². The van der Waals surface area contributed by atoms with Gasteiger partial charge in [0.2, 0.25) is 5.91 Å². The molecule has 1 radical (unpaired) electrons. The van der Waals surface area contributed by atoms with Crippen LogP contribution in [-0.2, 0) is 11.2 Å². The SMILES string of the molecule is C[C](C)CN(CC=C(C)C(N)=O)c1ccc(CCC(C)(C)C)cc1. The molecule has 133 valence electrons. The summed E-state index contributed by atoms with van der Waals surface area (Å²) in [5.74, 6) is 0.974. The molecule has 2 N–H and O–H groups in total. The third kappa shape index (κ3) is 7.67. The fourth-order valence-electron chi connectivity index (χ4n) is 2.38. The number of carbonyl (C=O) groups excluding carboxylic acids is 1.